The number of unbranched alkanes of at least 4 members (excludes halogenated alkanes) is 1. The Morgan fingerprint density at radius 1 is 1.14 bits per heavy atom. The summed E-state index contributed by atoms with van der Waals surface area (Å²) in [6, 6.07) is 13.2. The molecule has 2 aromatic carbocycles. The van der Waals surface area contributed by atoms with Crippen LogP contribution in [-0.2, 0) is 0 Å². The lowest BCUT2D eigenvalue weighted by atomic mass is 9.95. The Kier molecular flexibility index (Phi) is 4.53. The number of fused-ring (bicyclic) bond motifs is 1. The van der Waals surface area contributed by atoms with Crippen molar-refractivity contribution in [1.29, 1.82) is 0 Å². The van der Waals surface area contributed by atoms with Crippen LogP contribution in [0.4, 0.5) is 0 Å². The molecule has 0 heterocycles. The predicted molar refractivity (Wildman–Crippen MR) is 97.7 cm³/mol. The van der Waals surface area contributed by atoms with E-state index in [1.54, 1.807) is 0 Å². The second kappa shape index (κ2) is 6.74. The van der Waals surface area contributed by atoms with Gasteiger partial charge in [0.15, 0.2) is 0 Å². The minimum Gasteiger partial charge on any atom is -0.293 e. The van der Waals surface area contributed by atoms with Gasteiger partial charge in [-0.25, -0.2) is 0 Å². The lowest BCUT2D eigenvalue weighted by Gasteiger charge is -2.10. The van der Waals surface area contributed by atoms with Gasteiger partial charge in [-0.1, -0.05) is 55.3 Å². The van der Waals surface area contributed by atoms with Crippen LogP contribution in [0.3, 0.4) is 0 Å². The van der Waals surface area contributed by atoms with Gasteiger partial charge < -0.3 is 0 Å². The van der Waals surface area contributed by atoms with E-state index in [1.807, 2.05) is 0 Å². The number of allylic oxidation sites excluding steroid dienone is 4. The van der Waals surface area contributed by atoms with E-state index in [0.29, 0.717) is 0 Å². The molecule has 22 heavy (non-hydrogen) atoms. The molecule has 0 atom stereocenters. The zero-order valence-corrected chi connectivity index (χ0v) is 13.5. The van der Waals surface area contributed by atoms with Crippen LogP contribution in [0.5, 0.6) is 0 Å². The van der Waals surface area contributed by atoms with E-state index in [-0.39, 0.29) is 0 Å². The van der Waals surface area contributed by atoms with E-state index in [1.165, 1.54) is 39.5 Å². The third-order valence-corrected chi connectivity index (χ3v) is 4.18. The quantitative estimate of drug-likeness (QED) is 0.488. The van der Waals surface area contributed by atoms with Crippen molar-refractivity contribution in [3.8, 4) is 0 Å². The third-order valence-electron chi connectivity index (χ3n) is 4.18. The highest BCUT2D eigenvalue weighted by Crippen LogP contribution is 2.31. The van der Waals surface area contributed by atoms with Crippen molar-refractivity contribution < 1.29 is 0 Å². The summed E-state index contributed by atoms with van der Waals surface area (Å²) in [4.78, 5) is 4.62. The molecule has 1 aliphatic carbocycles. The standard InChI is InChI=1S/C21H23N/c1-3-4-11-22-15-20-13-17-7-5-6-8-18(17)14-21(20)19-10-9-16(2)12-19/h5-9,12-15H,3-4,10-11H2,1-2H3. The first-order chi connectivity index (χ1) is 10.8. The molecule has 0 unspecified atom stereocenters. The molecule has 112 valence electrons. The first-order valence-electron chi connectivity index (χ1n) is 8.18. The first-order valence-corrected chi connectivity index (χ1v) is 8.18. The second-order valence-corrected chi connectivity index (χ2v) is 6.00. The van der Waals surface area contributed by atoms with Crippen molar-refractivity contribution in [2.24, 2.45) is 4.99 Å². The van der Waals surface area contributed by atoms with E-state index in [9.17, 15) is 0 Å². The molecule has 0 bridgehead atoms. The van der Waals surface area contributed by atoms with Gasteiger partial charge in [-0.2, -0.15) is 0 Å². The van der Waals surface area contributed by atoms with E-state index in [4.69, 9.17) is 0 Å². The molecule has 2 aromatic rings. The molecule has 1 nitrogen and oxygen atoms in total. The normalized spacial score (nSPS) is 14.6. The van der Waals surface area contributed by atoms with Crippen molar-refractivity contribution in [2.45, 2.75) is 33.1 Å². The van der Waals surface area contributed by atoms with Gasteiger partial charge in [0, 0.05) is 18.3 Å². The van der Waals surface area contributed by atoms with Crippen molar-refractivity contribution in [2.75, 3.05) is 6.54 Å². The molecular weight excluding hydrogens is 266 g/mol. The number of nitrogens with zero attached hydrogens (tertiary/aromatic N) is 1. The fraction of sp³-hybridized carbons (Fsp3) is 0.286. The summed E-state index contributed by atoms with van der Waals surface area (Å²) in [6.07, 6.45) is 10.0. The molecule has 0 radical (unpaired) electrons. The number of hydrogen-bond donors (Lipinski definition) is 0. The van der Waals surface area contributed by atoms with Gasteiger partial charge in [-0.3, -0.25) is 4.99 Å². The Morgan fingerprint density at radius 2 is 1.91 bits per heavy atom. The zero-order valence-electron chi connectivity index (χ0n) is 13.5. The minimum atomic E-state index is 0.916. The van der Waals surface area contributed by atoms with Crippen LogP contribution in [0.25, 0.3) is 16.3 Å². The number of rotatable bonds is 5. The summed E-state index contributed by atoms with van der Waals surface area (Å²) in [5.74, 6) is 0. The van der Waals surface area contributed by atoms with E-state index in [0.717, 1.165) is 19.4 Å². The lowest BCUT2D eigenvalue weighted by Crippen LogP contribution is -1.93. The van der Waals surface area contributed by atoms with Gasteiger partial charge in [-0.05, 0) is 53.8 Å². The highest BCUT2D eigenvalue weighted by atomic mass is 14.7. The van der Waals surface area contributed by atoms with Crippen LogP contribution < -0.4 is 0 Å². The largest absolute Gasteiger partial charge is 0.293 e. The van der Waals surface area contributed by atoms with Gasteiger partial charge in [0.05, 0.1) is 0 Å². The summed E-state index contributed by atoms with van der Waals surface area (Å²) in [5, 5.41) is 2.58. The van der Waals surface area contributed by atoms with Gasteiger partial charge in [0.1, 0.15) is 0 Å². The van der Waals surface area contributed by atoms with E-state index in [2.05, 4.69) is 73.6 Å². The first kappa shape index (κ1) is 14.8. The highest BCUT2D eigenvalue weighted by Gasteiger charge is 2.11. The molecule has 0 saturated carbocycles. The molecule has 0 amide bonds. The molecule has 0 aliphatic heterocycles. The predicted octanol–water partition coefficient (Wildman–Crippen LogP) is 5.79. The Bertz CT molecular complexity index is 763. The fourth-order valence-electron chi connectivity index (χ4n) is 2.91. The molecule has 1 aliphatic rings. The van der Waals surface area contributed by atoms with Crippen molar-refractivity contribution in [3.63, 3.8) is 0 Å². The molecule has 0 aromatic heterocycles. The monoisotopic (exact) mass is 289 g/mol. The van der Waals surface area contributed by atoms with Crippen LogP contribution in [0.1, 0.15) is 44.2 Å². The summed E-state index contributed by atoms with van der Waals surface area (Å²) in [6.45, 7) is 5.29. The smallest absolute Gasteiger partial charge is 0.0389 e. The van der Waals surface area contributed by atoms with Gasteiger partial charge in [0.2, 0.25) is 0 Å². The van der Waals surface area contributed by atoms with Crippen molar-refractivity contribution >= 4 is 22.6 Å². The second-order valence-electron chi connectivity index (χ2n) is 6.00. The summed E-state index contributed by atoms with van der Waals surface area (Å²) >= 11 is 0. The average Bonchev–Trinajstić information content (AvgIpc) is 2.97. The Labute approximate surface area is 133 Å². The Morgan fingerprint density at radius 3 is 2.59 bits per heavy atom. The van der Waals surface area contributed by atoms with Crippen LogP contribution in [0.2, 0.25) is 0 Å². The van der Waals surface area contributed by atoms with Gasteiger partial charge >= 0.3 is 0 Å². The molecule has 0 N–H and O–H groups in total. The maximum Gasteiger partial charge on any atom is 0.0389 e. The summed E-state index contributed by atoms with van der Waals surface area (Å²) in [5.41, 5.74) is 5.33. The molecular formula is C21H23N. The zero-order chi connectivity index (χ0) is 15.4. The molecule has 1 heteroatoms. The van der Waals surface area contributed by atoms with Crippen LogP contribution in [0.15, 0.2) is 59.1 Å². The minimum absolute atomic E-state index is 0.916. The average molecular weight is 289 g/mol. The highest BCUT2D eigenvalue weighted by molar-refractivity contribution is 5.97. The lowest BCUT2D eigenvalue weighted by molar-refractivity contribution is 0.810. The summed E-state index contributed by atoms with van der Waals surface area (Å²) < 4.78 is 0. The molecule has 3 rings (SSSR count). The van der Waals surface area contributed by atoms with Crippen molar-refractivity contribution in [3.05, 3.63) is 65.3 Å². The van der Waals surface area contributed by atoms with E-state index >= 15 is 0 Å². The maximum atomic E-state index is 4.62. The Balaban J connectivity index is 2.03. The summed E-state index contributed by atoms with van der Waals surface area (Å²) in [7, 11) is 0. The molecule has 0 fully saturated rings. The van der Waals surface area contributed by atoms with Crippen LogP contribution in [0, 0.1) is 0 Å². The van der Waals surface area contributed by atoms with Gasteiger partial charge in [-0.15, -0.1) is 0 Å². The molecule has 0 spiro atoms. The van der Waals surface area contributed by atoms with E-state index < -0.39 is 0 Å². The fourth-order valence-corrected chi connectivity index (χ4v) is 2.91. The maximum absolute atomic E-state index is 4.62. The van der Waals surface area contributed by atoms with Gasteiger partial charge in [0.25, 0.3) is 0 Å². The Hall–Kier alpha value is -2.15. The topological polar surface area (TPSA) is 12.4 Å². The molecule has 0 saturated heterocycles. The van der Waals surface area contributed by atoms with Crippen molar-refractivity contribution in [1.82, 2.24) is 0 Å². The third kappa shape index (κ3) is 3.19. The number of benzene rings is 2. The number of hydrogen-bond acceptors (Lipinski definition) is 1. The SMILES string of the molecule is CCCCN=Cc1cc2ccccc2cc1C1=CC(C)=CC1. The van der Waals surface area contributed by atoms with Crippen LogP contribution >= 0.6 is 0 Å². The van der Waals surface area contributed by atoms with Crippen LogP contribution in [-0.4, -0.2) is 12.8 Å². The number of aliphatic imine (C=N–C) groups is 1.